The van der Waals surface area contributed by atoms with E-state index < -0.39 is 46.8 Å². The van der Waals surface area contributed by atoms with E-state index in [4.69, 9.17) is 0 Å². The van der Waals surface area contributed by atoms with Gasteiger partial charge in [0.1, 0.15) is 0 Å². The zero-order chi connectivity index (χ0) is 20.8. The minimum Gasteiger partial charge on any atom is -0.235 e. The monoisotopic (exact) mass is 436 g/mol. The van der Waals surface area contributed by atoms with Crippen LogP contribution in [0.15, 0.2) is 22.9 Å². The van der Waals surface area contributed by atoms with Gasteiger partial charge in [-0.2, -0.15) is 0 Å². The molecule has 2 aromatic rings. The second-order valence-corrected chi connectivity index (χ2v) is 7.01. The van der Waals surface area contributed by atoms with Gasteiger partial charge in [0.15, 0.2) is 20.1 Å². The minimum atomic E-state index is -1.06. The zero-order valence-electron chi connectivity index (χ0n) is 13.8. The van der Waals surface area contributed by atoms with E-state index in [2.05, 4.69) is 22.9 Å². The molecular formula is C10H12N8O8S2. The van der Waals surface area contributed by atoms with Crippen molar-refractivity contribution in [3.05, 3.63) is 63.4 Å². The van der Waals surface area contributed by atoms with Crippen LogP contribution >= 0.6 is 22.7 Å². The van der Waals surface area contributed by atoms with E-state index in [0.29, 0.717) is 0 Å². The predicted molar refractivity (Wildman–Crippen MR) is 94.5 cm³/mol. The summed E-state index contributed by atoms with van der Waals surface area (Å²) in [7, 11) is 0. The lowest BCUT2D eigenvalue weighted by atomic mass is 10.5. The molecule has 0 radical (unpaired) electrons. The van der Waals surface area contributed by atoms with Crippen molar-refractivity contribution >= 4 is 32.1 Å². The van der Waals surface area contributed by atoms with Gasteiger partial charge in [-0.1, -0.05) is 20.0 Å². The summed E-state index contributed by atoms with van der Waals surface area (Å²) in [5.41, 5.74) is 0. The largest absolute Gasteiger partial charge is 0.235 e. The fraction of sp³-hybridized carbons (Fsp3) is 0.400. The van der Waals surface area contributed by atoms with Gasteiger partial charge in [-0.05, 0) is 22.9 Å². The first-order valence-electron chi connectivity index (χ1n) is 7.16. The highest BCUT2D eigenvalue weighted by Gasteiger charge is 2.39. The summed E-state index contributed by atoms with van der Waals surface area (Å²) in [4.78, 5) is 42.6. The summed E-state index contributed by atoms with van der Waals surface area (Å²) in [6.45, 7) is -3.80. The van der Waals surface area contributed by atoms with Gasteiger partial charge in [0, 0.05) is 9.40 Å². The van der Waals surface area contributed by atoms with E-state index in [1.807, 2.05) is 0 Å². The molecule has 18 heteroatoms. The van der Waals surface area contributed by atoms with Gasteiger partial charge in [-0.25, -0.2) is 40.5 Å². The van der Waals surface area contributed by atoms with Crippen LogP contribution in [0.1, 0.15) is 0 Å². The van der Waals surface area contributed by atoms with Gasteiger partial charge < -0.3 is 0 Å². The summed E-state index contributed by atoms with van der Waals surface area (Å²) in [5.74, 6) is 0. The average Bonchev–Trinajstić information content (AvgIpc) is 3.18. The second kappa shape index (κ2) is 8.90. The van der Waals surface area contributed by atoms with Crippen molar-refractivity contribution in [1.82, 2.24) is 20.0 Å². The molecule has 0 bridgehead atoms. The van der Waals surface area contributed by atoms with E-state index >= 15 is 0 Å². The Balaban J connectivity index is 0.000000285. The minimum absolute atomic E-state index is 0.197. The number of nitro groups is 4. The lowest BCUT2D eigenvalue weighted by molar-refractivity contribution is -0.775. The number of thiophene rings is 2. The number of hydrogen-bond acceptors (Lipinski definition) is 10. The van der Waals surface area contributed by atoms with Crippen LogP contribution in [-0.2, 0) is 0 Å². The first-order valence-corrected chi connectivity index (χ1v) is 8.92. The van der Waals surface area contributed by atoms with Gasteiger partial charge in [0.05, 0.1) is 0 Å². The third-order valence-corrected chi connectivity index (χ3v) is 5.19. The maximum Gasteiger partial charge on any atom is 0.212 e. The molecule has 0 unspecified atom stereocenters. The van der Waals surface area contributed by atoms with Crippen molar-refractivity contribution in [2.45, 2.75) is 0 Å². The highest BCUT2D eigenvalue weighted by atomic mass is 32.1. The van der Waals surface area contributed by atoms with E-state index in [1.165, 1.54) is 9.40 Å². The molecule has 0 aliphatic carbocycles. The van der Waals surface area contributed by atoms with Gasteiger partial charge in [0.25, 0.3) is 0 Å². The van der Waals surface area contributed by atoms with E-state index in [-0.39, 0.29) is 20.0 Å². The van der Waals surface area contributed by atoms with Crippen molar-refractivity contribution in [1.29, 1.82) is 0 Å². The maximum atomic E-state index is 10.7. The Morgan fingerprint density at radius 2 is 0.857 bits per heavy atom. The van der Waals surface area contributed by atoms with Crippen LogP contribution in [0.25, 0.3) is 9.40 Å². The number of hydrazine groups is 4. The lowest BCUT2D eigenvalue weighted by Gasteiger charge is -2.27. The Labute approximate surface area is 162 Å². The molecule has 0 amide bonds. The normalized spacial score (nSPS) is 14.7. The zero-order valence-corrected chi connectivity index (χ0v) is 15.4. The van der Waals surface area contributed by atoms with Crippen LogP contribution in [0, 0.1) is 40.5 Å². The second-order valence-electron chi connectivity index (χ2n) is 5.11. The summed E-state index contributed by atoms with van der Waals surface area (Å²) in [6, 6.07) is 4.31. The van der Waals surface area contributed by atoms with Crippen molar-refractivity contribution in [3.8, 4) is 0 Å². The highest BCUT2D eigenvalue weighted by molar-refractivity contribution is 7.25. The van der Waals surface area contributed by atoms with E-state index in [9.17, 15) is 40.5 Å². The fourth-order valence-electron chi connectivity index (χ4n) is 2.04. The Morgan fingerprint density at radius 3 is 1.07 bits per heavy atom. The third kappa shape index (κ3) is 5.23. The third-order valence-electron chi connectivity index (χ3n) is 3.30. The molecule has 3 rings (SSSR count). The molecular weight excluding hydrogens is 424 g/mol. The quantitative estimate of drug-likeness (QED) is 0.484. The van der Waals surface area contributed by atoms with Crippen LogP contribution in [0.3, 0.4) is 0 Å². The predicted octanol–water partition coefficient (Wildman–Crippen LogP) is 0.768. The van der Waals surface area contributed by atoms with Gasteiger partial charge >= 0.3 is 0 Å². The Hall–Kier alpha value is -3.54. The van der Waals surface area contributed by atoms with Crippen molar-refractivity contribution in [2.24, 2.45) is 0 Å². The molecule has 1 aliphatic heterocycles. The van der Waals surface area contributed by atoms with Crippen LogP contribution in [0.2, 0.25) is 0 Å². The van der Waals surface area contributed by atoms with Crippen LogP contribution in [-0.4, -0.2) is 66.8 Å². The molecule has 28 heavy (non-hydrogen) atoms. The molecule has 0 saturated carbocycles. The fourth-order valence-corrected chi connectivity index (χ4v) is 3.87. The smallest absolute Gasteiger partial charge is 0.212 e. The average molecular weight is 436 g/mol. The van der Waals surface area contributed by atoms with Crippen LogP contribution < -0.4 is 0 Å². The molecule has 0 aromatic carbocycles. The molecule has 0 atom stereocenters. The molecule has 0 N–H and O–H groups in total. The molecule has 1 fully saturated rings. The molecule has 0 spiro atoms. The molecule has 2 aromatic heterocycles. The van der Waals surface area contributed by atoms with Crippen LogP contribution in [0.4, 0.5) is 0 Å². The highest BCUT2D eigenvalue weighted by Crippen LogP contribution is 2.25. The van der Waals surface area contributed by atoms with Crippen molar-refractivity contribution < 1.29 is 20.1 Å². The molecule has 152 valence electrons. The Kier molecular flexibility index (Phi) is 6.60. The standard InChI is InChI=1S/C6H4S2.C4H8N8O8/c1-3-7-6-2-4-8-5(1)6;13-9(14)5-1-6(10(15)16)3-8(12(19)20)4-7(2-5)11(17)18/h1-4H;1-4H2. The van der Waals surface area contributed by atoms with Crippen molar-refractivity contribution in [2.75, 3.05) is 26.7 Å². The topological polar surface area (TPSA) is 186 Å². The lowest BCUT2D eigenvalue weighted by Crippen LogP contribution is -2.59. The molecule has 3 heterocycles. The summed E-state index contributed by atoms with van der Waals surface area (Å²) in [5, 5.41) is 43.4. The SMILES string of the molecule is O=[N+]([O-])N1CN([N+](=O)[O-])CN([N+](=O)[O-])CN([N+](=O)[O-])C1.c1cc2sccc2s1. The van der Waals surface area contributed by atoms with Crippen molar-refractivity contribution in [3.63, 3.8) is 0 Å². The van der Waals surface area contributed by atoms with E-state index in [1.54, 1.807) is 22.7 Å². The number of rotatable bonds is 4. The molecule has 1 aliphatic rings. The number of nitrogens with zero attached hydrogens (tertiary/aromatic N) is 8. The number of hydrogen-bond donors (Lipinski definition) is 0. The first kappa shape index (κ1) is 20.8. The summed E-state index contributed by atoms with van der Waals surface area (Å²) in [6.07, 6.45) is 0. The first-order chi connectivity index (χ1) is 13.2. The summed E-state index contributed by atoms with van der Waals surface area (Å²) < 4.78 is 2.82. The van der Waals surface area contributed by atoms with E-state index in [0.717, 1.165) is 0 Å². The Bertz CT molecular complexity index is 733. The van der Waals surface area contributed by atoms with Gasteiger partial charge in [-0.3, -0.25) is 0 Å². The molecule has 16 nitrogen and oxygen atoms in total. The molecule has 1 saturated heterocycles. The van der Waals surface area contributed by atoms with Gasteiger partial charge in [-0.15, -0.1) is 22.7 Å². The number of fused-ring (bicyclic) bond motifs is 1. The summed E-state index contributed by atoms with van der Waals surface area (Å²) >= 11 is 3.61. The maximum absolute atomic E-state index is 10.7. The van der Waals surface area contributed by atoms with Gasteiger partial charge in [0.2, 0.25) is 26.7 Å². The Morgan fingerprint density at radius 1 is 0.607 bits per heavy atom. The van der Waals surface area contributed by atoms with Crippen LogP contribution in [0.5, 0.6) is 0 Å².